The number of hydrogen-bond acceptors (Lipinski definition) is 3. The van der Waals surface area contributed by atoms with E-state index in [0.717, 1.165) is 50.2 Å². The minimum absolute atomic E-state index is 0.187. The number of alkyl halides is 3. The molecule has 0 aliphatic carbocycles. The first-order chi connectivity index (χ1) is 15.3. The number of benzene rings is 2. The fourth-order valence-electron chi connectivity index (χ4n) is 4.34. The van der Waals surface area contributed by atoms with Crippen molar-refractivity contribution in [3.8, 4) is 5.75 Å². The summed E-state index contributed by atoms with van der Waals surface area (Å²) in [7, 11) is 0. The number of primary amides is 1. The first-order valence-corrected chi connectivity index (χ1v) is 11.2. The summed E-state index contributed by atoms with van der Waals surface area (Å²) in [6, 6.07) is 12.2. The monoisotopic (exact) mass is 448 g/mol. The lowest BCUT2D eigenvalue weighted by Gasteiger charge is -2.39. The molecule has 2 N–H and O–H groups in total. The summed E-state index contributed by atoms with van der Waals surface area (Å²) in [6.45, 7) is 5.49. The second-order valence-electron chi connectivity index (χ2n) is 8.48. The SMILES string of the molecule is CCCCCN1CC[C@@H](c2ccc(C(N)=O)cc2)[C@H](COc2ccc(C(F)(F)F)cc2)C1. The number of ether oxygens (including phenoxy) is 1. The molecule has 1 amide bonds. The minimum atomic E-state index is -4.36. The summed E-state index contributed by atoms with van der Waals surface area (Å²) in [5.41, 5.74) is 6.28. The molecule has 0 bridgehead atoms. The molecule has 2 aromatic carbocycles. The predicted octanol–water partition coefficient (Wildman–Crippen LogP) is 5.48. The van der Waals surface area contributed by atoms with Crippen LogP contribution in [0.25, 0.3) is 0 Å². The van der Waals surface area contributed by atoms with E-state index in [-0.39, 0.29) is 11.8 Å². The highest BCUT2D eigenvalue weighted by atomic mass is 19.4. The number of likely N-dealkylation sites (tertiary alicyclic amines) is 1. The molecule has 2 atom stereocenters. The zero-order valence-electron chi connectivity index (χ0n) is 18.4. The van der Waals surface area contributed by atoms with E-state index < -0.39 is 17.6 Å². The van der Waals surface area contributed by atoms with Crippen LogP contribution in [0.4, 0.5) is 13.2 Å². The number of rotatable bonds is 9. The molecule has 2 aromatic rings. The maximum Gasteiger partial charge on any atom is 0.416 e. The third-order valence-corrected chi connectivity index (χ3v) is 6.17. The van der Waals surface area contributed by atoms with Crippen molar-refractivity contribution in [2.75, 3.05) is 26.2 Å². The molecule has 0 radical (unpaired) electrons. The summed E-state index contributed by atoms with van der Waals surface area (Å²) in [5.74, 6) is 0.411. The van der Waals surface area contributed by atoms with E-state index in [1.807, 2.05) is 12.1 Å². The lowest BCUT2D eigenvalue weighted by molar-refractivity contribution is -0.137. The van der Waals surface area contributed by atoms with E-state index in [2.05, 4.69) is 11.8 Å². The lowest BCUT2D eigenvalue weighted by atomic mass is 9.80. The van der Waals surface area contributed by atoms with Crippen molar-refractivity contribution >= 4 is 5.91 Å². The lowest BCUT2D eigenvalue weighted by Crippen LogP contribution is -2.42. The number of hydrogen-bond donors (Lipinski definition) is 1. The van der Waals surface area contributed by atoms with Gasteiger partial charge in [-0.15, -0.1) is 0 Å². The smallest absolute Gasteiger partial charge is 0.416 e. The molecule has 32 heavy (non-hydrogen) atoms. The molecule has 0 unspecified atom stereocenters. The van der Waals surface area contributed by atoms with Gasteiger partial charge in [0.25, 0.3) is 0 Å². The van der Waals surface area contributed by atoms with Gasteiger partial charge in [0.1, 0.15) is 5.75 Å². The molecular weight excluding hydrogens is 417 g/mol. The summed E-state index contributed by atoms with van der Waals surface area (Å²) >= 11 is 0. The Balaban J connectivity index is 1.70. The number of nitrogens with zero attached hydrogens (tertiary/aromatic N) is 1. The summed E-state index contributed by atoms with van der Waals surface area (Å²) in [5, 5.41) is 0. The second-order valence-corrected chi connectivity index (χ2v) is 8.48. The van der Waals surface area contributed by atoms with Gasteiger partial charge in [-0.2, -0.15) is 13.2 Å². The molecule has 1 heterocycles. The average Bonchev–Trinajstić information content (AvgIpc) is 2.78. The molecule has 0 saturated carbocycles. The number of halogens is 3. The third kappa shape index (κ3) is 6.48. The van der Waals surface area contributed by atoms with Gasteiger partial charge in [-0.05, 0) is 73.8 Å². The molecule has 1 fully saturated rings. The van der Waals surface area contributed by atoms with Crippen molar-refractivity contribution in [1.82, 2.24) is 4.90 Å². The maximum absolute atomic E-state index is 12.8. The summed E-state index contributed by atoms with van der Waals surface area (Å²) in [4.78, 5) is 13.8. The van der Waals surface area contributed by atoms with Gasteiger partial charge < -0.3 is 15.4 Å². The van der Waals surface area contributed by atoms with E-state index in [4.69, 9.17) is 10.5 Å². The number of carbonyl (C=O) groups excluding carboxylic acids is 1. The highest BCUT2D eigenvalue weighted by Crippen LogP contribution is 2.35. The van der Waals surface area contributed by atoms with Crippen LogP contribution in [-0.4, -0.2) is 37.0 Å². The molecule has 174 valence electrons. The largest absolute Gasteiger partial charge is 0.493 e. The Labute approximate surface area is 187 Å². The van der Waals surface area contributed by atoms with E-state index in [1.54, 1.807) is 12.1 Å². The number of amides is 1. The van der Waals surface area contributed by atoms with Crippen molar-refractivity contribution in [2.45, 2.75) is 44.7 Å². The van der Waals surface area contributed by atoms with Gasteiger partial charge in [0.15, 0.2) is 0 Å². The molecule has 4 nitrogen and oxygen atoms in total. The van der Waals surface area contributed by atoms with Gasteiger partial charge in [0, 0.05) is 18.0 Å². The molecular formula is C25H31F3N2O2. The Morgan fingerprint density at radius 2 is 1.78 bits per heavy atom. The molecule has 0 aromatic heterocycles. The van der Waals surface area contributed by atoms with E-state index in [9.17, 15) is 18.0 Å². The molecule has 1 saturated heterocycles. The van der Waals surface area contributed by atoms with Crippen molar-refractivity contribution in [2.24, 2.45) is 11.7 Å². The number of nitrogens with two attached hydrogens (primary N) is 1. The van der Waals surface area contributed by atoms with Crippen LogP contribution in [0.5, 0.6) is 5.75 Å². The highest BCUT2D eigenvalue weighted by Gasteiger charge is 2.32. The Kier molecular flexibility index (Phi) is 8.18. The van der Waals surface area contributed by atoms with Gasteiger partial charge in [0.05, 0.1) is 12.2 Å². The van der Waals surface area contributed by atoms with Crippen LogP contribution in [0, 0.1) is 5.92 Å². The van der Waals surface area contributed by atoms with E-state index in [1.165, 1.54) is 25.0 Å². The fraction of sp³-hybridized carbons (Fsp3) is 0.480. The Bertz CT molecular complexity index is 866. The second kappa shape index (κ2) is 10.9. The van der Waals surface area contributed by atoms with Crippen molar-refractivity contribution < 1.29 is 22.7 Å². The molecule has 0 spiro atoms. The Hall–Kier alpha value is -2.54. The summed E-state index contributed by atoms with van der Waals surface area (Å²) in [6.07, 6.45) is 0.122. The van der Waals surface area contributed by atoms with Gasteiger partial charge in [-0.25, -0.2) is 0 Å². The van der Waals surface area contributed by atoms with E-state index in [0.29, 0.717) is 17.9 Å². The Morgan fingerprint density at radius 3 is 2.38 bits per heavy atom. The topological polar surface area (TPSA) is 55.6 Å². The van der Waals surface area contributed by atoms with Crippen molar-refractivity contribution in [3.05, 3.63) is 65.2 Å². The van der Waals surface area contributed by atoms with Crippen LogP contribution in [0.3, 0.4) is 0 Å². The maximum atomic E-state index is 12.8. The highest BCUT2D eigenvalue weighted by molar-refractivity contribution is 5.92. The van der Waals surface area contributed by atoms with Gasteiger partial charge in [-0.3, -0.25) is 4.79 Å². The molecule has 1 aliphatic rings. The van der Waals surface area contributed by atoms with Crippen LogP contribution in [-0.2, 0) is 6.18 Å². The van der Waals surface area contributed by atoms with Crippen molar-refractivity contribution in [3.63, 3.8) is 0 Å². The van der Waals surface area contributed by atoms with Gasteiger partial charge in [-0.1, -0.05) is 31.9 Å². The zero-order chi connectivity index (χ0) is 23.1. The molecule has 7 heteroatoms. The van der Waals surface area contributed by atoms with Crippen molar-refractivity contribution in [1.29, 1.82) is 0 Å². The standard InChI is InChI=1S/C25H31F3N2O2/c1-2-3-4-14-30-15-13-23(18-5-7-19(8-6-18)24(29)31)20(16-30)17-32-22-11-9-21(10-12-22)25(26,27)28/h5-12,20,23H,2-4,13-17H2,1H3,(H2,29,31)/t20-,23-/m0/s1. The van der Waals surface area contributed by atoms with Gasteiger partial charge in [0.2, 0.25) is 5.91 Å². The summed E-state index contributed by atoms with van der Waals surface area (Å²) < 4.78 is 44.4. The Morgan fingerprint density at radius 1 is 1.09 bits per heavy atom. The normalized spacial score (nSPS) is 19.6. The first kappa shape index (κ1) is 24.1. The fourth-order valence-corrected chi connectivity index (χ4v) is 4.34. The number of carbonyl (C=O) groups is 1. The quantitative estimate of drug-likeness (QED) is 0.517. The zero-order valence-corrected chi connectivity index (χ0v) is 18.4. The molecule has 3 rings (SSSR count). The van der Waals surface area contributed by atoms with Gasteiger partial charge >= 0.3 is 6.18 Å². The minimum Gasteiger partial charge on any atom is -0.493 e. The number of unbranched alkanes of at least 4 members (excludes halogenated alkanes) is 2. The van der Waals surface area contributed by atoms with Crippen LogP contribution in [0.1, 0.15) is 60.0 Å². The van der Waals surface area contributed by atoms with Crippen LogP contribution < -0.4 is 10.5 Å². The van der Waals surface area contributed by atoms with Crippen LogP contribution in [0.2, 0.25) is 0 Å². The first-order valence-electron chi connectivity index (χ1n) is 11.2. The van der Waals surface area contributed by atoms with Crippen LogP contribution >= 0.6 is 0 Å². The van der Waals surface area contributed by atoms with E-state index >= 15 is 0 Å². The third-order valence-electron chi connectivity index (χ3n) is 6.17. The average molecular weight is 449 g/mol. The predicted molar refractivity (Wildman–Crippen MR) is 119 cm³/mol. The number of piperidine rings is 1. The molecule has 1 aliphatic heterocycles. The van der Waals surface area contributed by atoms with Crippen LogP contribution in [0.15, 0.2) is 48.5 Å².